The molecule has 0 atom stereocenters. The van der Waals surface area contributed by atoms with Crippen molar-refractivity contribution >= 4 is 22.9 Å². The molecule has 0 aliphatic rings. The summed E-state index contributed by atoms with van der Waals surface area (Å²) in [6, 6.07) is 3.84. The molecule has 0 spiro atoms. The molecular weight excluding hydrogens is 256 g/mol. The second-order valence-electron chi connectivity index (χ2n) is 3.62. The fourth-order valence-electron chi connectivity index (χ4n) is 1.61. The van der Waals surface area contributed by atoms with Crippen LogP contribution in [0.15, 0.2) is 18.3 Å². The van der Waals surface area contributed by atoms with E-state index in [1.807, 2.05) is 25.3 Å². The lowest BCUT2D eigenvalue weighted by atomic mass is 10.1. The van der Waals surface area contributed by atoms with Crippen LogP contribution in [-0.2, 0) is 6.54 Å². The van der Waals surface area contributed by atoms with E-state index in [-0.39, 0.29) is 0 Å². The van der Waals surface area contributed by atoms with Gasteiger partial charge in [0.15, 0.2) is 0 Å². The fourth-order valence-corrected chi connectivity index (χ4v) is 2.72. The van der Waals surface area contributed by atoms with Gasteiger partial charge in [0, 0.05) is 12.7 Å². The van der Waals surface area contributed by atoms with E-state index in [1.54, 1.807) is 18.4 Å². The lowest BCUT2D eigenvalue weighted by Gasteiger charge is -2.08. The number of methoxy groups -OCH3 is 1. The molecule has 0 unspecified atom stereocenters. The zero-order chi connectivity index (χ0) is 12.4. The number of ether oxygens (including phenoxy) is 1. The van der Waals surface area contributed by atoms with E-state index in [4.69, 9.17) is 22.1 Å². The number of rotatable bonds is 3. The molecule has 2 N–H and O–H groups in total. The predicted molar refractivity (Wildman–Crippen MR) is 71.7 cm³/mol. The molecule has 0 amide bonds. The van der Waals surface area contributed by atoms with Gasteiger partial charge in [-0.25, -0.2) is 4.98 Å². The van der Waals surface area contributed by atoms with Gasteiger partial charge in [0.1, 0.15) is 10.8 Å². The Morgan fingerprint density at radius 3 is 2.82 bits per heavy atom. The maximum atomic E-state index is 6.13. The third kappa shape index (κ3) is 2.44. The maximum Gasteiger partial charge on any atom is 0.137 e. The average Bonchev–Trinajstić information content (AvgIpc) is 2.80. The van der Waals surface area contributed by atoms with Gasteiger partial charge in [-0.05, 0) is 30.2 Å². The van der Waals surface area contributed by atoms with Crippen LogP contribution in [0.4, 0.5) is 0 Å². The van der Waals surface area contributed by atoms with Gasteiger partial charge in [-0.2, -0.15) is 0 Å². The van der Waals surface area contributed by atoms with E-state index < -0.39 is 0 Å². The number of thiazole rings is 1. The summed E-state index contributed by atoms with van der Waals surface area (Å²) in [7, 11) is 1.61. The average molecular weight is 269 g/mol. The molecule has 2 rings (SSSR count). The minimum absolute atomic E-state index is 0.466. The maximum absolute atomic E-state index is 6.13. The molecule has 1 aromatic heterocycles. The Bertz CT molecular complexity index is 539. The molecule has 90 valence electrons. The zero-order valence-corrected chi connectivity index (χ0v) is 11.2. The standard InChI is InChI=1S/C12H13ClN2OS/c1-7-3-10(16-2)9(13)4-8(7)11-6-15-12(5-14)17-11/h3-4,6H,5,14H2,1-2H3. The van der Waals surface area contributed by atoms with Gasteiger partial charge in [-0.1, -0.05) is 11.6 Å². The molecule has 0 aliphatic heterocycles. The summed E-state index contributed by atoms with van der Waals surface area (Å²) in [5.41, 5.74) is 7.74. The van der Waals surface area contributed by atoms with E-state index in [0.717, 1.165) is 21.0 Å². The van der Waals surface area contributed by atoms with Crippen LogP contribution in [0.3, 0.4) is 0 Å². The molecular formula is C12H13ClN2OS. The highest BCUT2D eigenvalue weighted by Crippen LogP contribution is 2.35. The van der Waals surface area contributed by atoms with E-state index >= 15 is 0 Å². The number of nitrogens with zero attached hydrogens (tertiary/aromatic N) is 1. The zero-order valence-electron chi connectivity index (χ0n) is 9.66. The summed E-state index contributed by atoms with van der Waals surface area (Å²) in [5, 5.41) is 1.53. The van der Waals surface area contributed by atoms with Gasteiger partial charge >= 0.3 is 0 Å². The van der Waals surface area contributed by atoms with E-state index in [9.17, 15) is 0 Å². The highest BCUT2D eigenvalue weighted by atomic mass is 35.5. The Morgan fingerprint density at radius 1 is 1.47 bits per heavy atom. The van der Waals surface area contributed by atoms with Crippen LogP contribution in [0, 0.1) is 6.92 Å². The van der Waals surface area contributed by atoms with Crippen LogP contribution in [0.2, 0.25) is 5.02 Å². The number of hydrogen-bond acceptors (Lipinski definition) is 4. The summed E-state index contributed by atoms with van der Waals surface area (Å²) >= 11 is 7.71. The second-order valence-corrected chi connectivity index (χ2v) is 5.15. The Hall–Kier alpha value is -1.10. The largest absolute Gasteiger partial charge is 0.495 e. The summed E-state index contributed by atoms with van der Waals surface area (Å²) in [5.74, 6) is 0.691. The van der Waals surface area contributed by atoms with Crippen LogP contribution >= 0.6 is 22.9 Å². The van der Waals surface area contributed by atoms with Crippen LogP contribution in [0.1, 0.15) is 10.6 Å². The molecule has 0 aliphatic carbocycles. The minimum atomic E-state index is 0.466. The summed E-state index contributed by atoms with van der Waals surface area (Å²) < 4.78 is 5.18. The molecule has 2 aromatic rings. The summed E-state index contributed by atoms with van der Waals surface area (Å²) in [6.45, 7) is 2.49. The molecule has 0 bridgehead atoms. The van der Waals surface area contributed by atoms with Gasteiger partial charge in [0.05, 0.1) is 17.0 Å². The first kappa shape index (κ1) is 12.4. The van der Waals surface area contributed by atoms with Crippen molar-refractivity contribution in [2.24, 2.45) is 5.73 Å². The first-order chi connectivity index (χ1) is 8.15. The van der Waals surface area contributed by atoms with Crippen molar-refractivity contribution in [3.8, 4) is 16.2 Å². The van der Waals surface area contributed by atoms with Crippen LogP contribution in [0.25, 0.3) is 10.4 Å². The molecule has 17 heavy (non-hydrogen) atoms. The van der Waals surface area contributed by atoms with Crippen LogP contribution in [-0.4, -0.2) is 12.1 Å². The molecule has 1 heterocycles. The SMILES string of the molecule is COc1cc(C)c(-c2cnc(CN)s2)cc1Cl. The van der Waals surface area contributed by atoms with Gasteiger partial charge in [-0.3, -0.25) is 0 Å². The quantitative estimate of drug-likeness (QED) is 0.930. The van der Waals surface area contributed by atoms with Crippen LogP contribution < -0.4 is 10.5 Å². The Labute approximate surface area is 109 Å². The molecule has 0 saturated carbocycles. The summed E-state index contributed by atoms with van der Waals surface area (Å²) in [4.78, 5) is 5.32. The molecule has 5 heteroatoms. The minimum Gasteiger partial charge on any atom is -0.495 e. The molecule has 1 aromatic carbocycles. The van der Waals surface area contributed by atoms with Crippen molar-refractivity contribution in [1.29, 1.82) is 0 Å². The lowest BCUT2D eigenvalue weighted by Crippen LogP contribution is -1.93. The normalized spacial score (nSPS) is 10.6. The number of hydrogen-bond donors (Lipinski definition) is 1. The first-order valence-corrected chi connectivity index (χ1v) is 6.34. The number of benzene rings is 1. The fraction of sp³-hybridized carbons (Fsp3) is 0.250. The molecule has 0 saturated heterocycles. The third-order valence-electron chi connectivity index (χ3n) is 2.49. The first-order valence-electron chi connectivity index (χ1n) is 5.15. The van der Waals surface area contributed by atoms with Crippen molar-refractivity contribution in [2.45, 2.75) is 13.5 Å². The van der Waals surface area contributed by atoms with Gasteiger partial charge < -0.3 is 10.5 Å². The van der Waals surface area contributed by atoms with E-state index in [1.165, 1.54) is 0 Å². The Balaban J connectivity index is 2.48. The number of aromatic nitrogens is 1. The lowest BCUT2D eigenvalue weighted by molar-refractivity contribution is 0.415. The number of aryl methyl sites for hydroxylation is 1. The highest BCUT2D eigenvalue weighted by molar-refractivity contribution is 7.15. The van der Waals surface area contributed by atoms with Gasteiger partial charge in [-0.15, -0.1) is 11.3 Å². The molecule has 0 radical (unpaired) electrons. The Kier molecular flexibility index (Phi) is 3.66. The predicted octanol–water partition coefficient (Wildman–Crippen LogP) is 3.24. The van der Waals surface area contributed by atoms with Crippen molar-refractivity contribution in [1.82, 2.24) is 4.98 Å². The number of nitrogens with two attached hydrogens (primary N) is 1. The number of halogens is 1. The van der Waals surface area contributed by atoms with E-state index in [0.29, 0.717) is 17.3 Å². The molecule has 0 fully saturated rings. The molecule has 3 nitrogen and oxygen atoms in total. The highest BCUT2D eigenvalue weighted by Gasteiger charge is 2.10. The Morgan fingerprint density at radius 2 is 2.24 bits per heavy atom. The smallest absolute Gasteiger partial charge is 0.137 e. The van der Waals surface area contributed by atoms with Crippen molar-refractivity contribution < 1.29 is 4.74 Å². The second kappa shape index (κ2) is 5.04. The van der Waals surface area contributed by atoms with E-state index in [2.05, 4.69) is 4.98 Å². The topological polar surface area (TPSA) is 48.1 Å². The van der Waals surface area contributed by atoms with Crippen molar-refractivity contribution in [3.63, 3.8) is 0 Å². The monoisotopic (exact) mass is 268 g/mol. The van der Waals surface area contributed by atoms with Gasteiger partial charge in [0.25, 0.3) is 0 Å². The third-order valence-corrected chi connectivity index (χ3v) is 3.84. The van der Waals surface area contributed by atoms with Crippen LogP contribution in [0.5, 0.6) is 5.75 Å². The summed E-state index contributed by atoms with van der Waals surface area (Å²) in [6.07, 6.45) is 1.83. The van der Waals surface area contributed by atoms with Crippen molar-refractivity contribution in [2.75, 3.05) is 7.11 Å². The van der Waals surface area contributed by atoms with Crippen molar-refractivity contribution in [3.05, 3.63) is 33.9 Å². The van der Waals surface area contributed by atoms with Gasteiger partial charge in [0.2, 0.25) is 0 Å².